The van der Waals surface area contributed by atoms with Crippen molar-refractivity contribution in [2.75, 3.05) is 13.7 Å². The highest BCUT2D eigenvalue weighted by atomic mass is 79.9. The Morgan fingerprint density at radius 1 is 1.17 bits per heavy atom. The zero-order chi connectivity index (χ0) is 16.1. The number of methoxy groups -OCH3 is 1. The van der Waals surface area contributed by atoms with Crippen LogP contribution in [0.15, 0.2) is 41.0 Å². The maximum atomic E-state index is 5.91. The second kappa shape index (κ2) is 7.68. The third kappa shape index (κ3) is 4.38. The Morgan fingerprint density at radius 2 is 1.96 bits per heavy atom. The topological polar surface area (TPSA) is 40.6 Å². The van der Waals surface area contributed by atoms with Gasteiger partial charge in [0.05, 0.1) is 13.7 Å². The van der Waals surface area contributed by atoms with Crippen molar-refractivity contribution < 1.29 is 14.2 Å². The number of ether oxygens (including phenoxy) is 3. The first-order valence-corrected chi connectivity index (χ1v) is 8.58. The van der Waals surface area contributed by atoms with E-state index < -0.39 is 0 Å². The monoisotopic (exact) mass is 377 g/mol. The van der Waals surface area contributed by atoms with Gasteiger partial charge in [-0.15, -0.1) is 0 Å². The average molecular weight is 378 g/mol. The first-order chi connectivity index (χ1) is 11.2. The molecule has 2 aromatic rings. The Hall–Kier alpha value is -1.75. The van der Waals surface area contributed by atoms with Gasteiger partial charge in [-0.05, 0) is 52.4 Å². The summed E-state index contributed by atoms with van der Waals surface area (Å²) in [4.78, 5) is 4.33. The summed E-state index contributed by atoms with van der Waals surface area (Å²) in [5.74, 6) is 2.73. The van der Waals surface area contributed by atoms with Gasteiger partial charge in [-0.2, -0.15) is 0 Å². The Balaban J connectivity index is 1.63. The van der Waals surface area contributed by atoms with E-state index in [0.717, 1.165) is 22.4 Å². The Kier molecular flexibility index (Phi) is 5.39. The van der Waals surface area contributed by atoms with Crippen molar-refractivity contribution in [2.24, 2.45) is 5.92 Å². The van der Waals surface area contributed by atoms with E-state index in [-0.39, 0.29) is 0 Å². The molecule has 122 valence electrons. The van der Waals surface area contributed by atoms with Crippen LogP contribution < -0.4 is 14.2 Å². The molecular formula is C18H20BrNO3. The molecule has 0 radical (unpaired) electrons. The molecule has 1 saturated carbocycles. The van der Waals surface area contributed by atoms with E-state index in [1.54, 1.807) is 13.3 Å². The highest BCUT2D eigenvalue weighted by molar-refractivity contribution is 9.10. The van der Waals surface area contributed by atoms with Crippen molar-refractivity contribution in [2.45, 2.75) is 25.9 Å². The van der Waals surface area contributed by atoms with Gasteiger partial charge in [0.25, 0.3) is 5.88 Å². The molecule has 0 saturated heterocycles. The first kappa shape index (κ1) is 16.1. The molecule has 4 nitrogen and oxygen atoms in total. The molecular weight excluding hydrogens is 358 g/mol. The third-order valence-electron chi connectivity index (χ3n) is 4.02. The predicted molar refractivity (Wildman–Crippen MR) is 92.1 cm³/mol. The fraction of sp³-hybridized carbons (Fsp3) is 0.389. The fourth-order valence-corrected chi connectivity index (χ4v) is 2.67. The van der Waals surface area contributed by atoms with Crippen molar-refractivity contribution in [1.29, 1.82) is 0 Å². The quantitative estimate of drug-likeness (QED) is 0.706. The number of aromatic nitrogens is 1. The van der Waals surface area contributed by atoms with Crippen LogP contribution in [-0.4, -0.2) is 18.7 Å². The smallest absolute Gasteiger partial charge is 0.257 e. The molecule has 0 aliphatic heterocycles. The molecule has 0 bridgehead atoms. The Bertz CT molecular complexity index is 641. The van der Waals surface area contributed by atoms with Gasteiger partial charge in [-0.3, -0.25) is 0 Å². The highest BCUT2D eigenvalue weighted by Gasteiger charge is 2.19. The lowest BCUT2D eigenvalue weighted by Crippen LogP contribution is -2.19. The van der Waals surface area contributed by atoms with E-state index in [1.165, 1.54) is 19.3 Å². The van der Waals surface area contributed by atoms with Gasteiger partial charge in [0.2, 0.25) is 0 Å². The van der Waals surface area contributed by atoms with Gasteiger partial charge in [0.15, 0.2) is 5.75 Å². The van der Waals surface area contributed by atoms with Gasteiger partial charge in [-0.25, -0.2) is 4.98 Å². The molecule has 1 aliphatic rings. The molecule has 0 atom stereocenters. The van der Waals surface area contributed by atoms with Crippen LogP contribution in [0.3, 0.4) is 0 Å². The second-order valence-electron chi connectivity index (χ2n) is 5.70. The number of halogens is 1. The minimum atomic E-state index is 0.443. The van der Waals surface area contributed by atoms with Crippen LogP contribution in [0.2, 0.25) is 0 Å². The normalized spacial score (nSPS) is 14.2. The van der Waals surface area contributed by atoms with Crippen LogP contribution in [0.5, 0.6) is 17.4 Å². The highest BCUT2D eigenvalue weighted by Crippen LogP contribution is 2.32. The molecule has 1 aliphatic carbocycles. The van der Waals surface area contributed by atoms with Crippen LogP contribution in [0.25, 0.3) is 0 Å². The summed E-state index contributed by atoms with van der Waals surface area (Å²) in [5.41, 5.74) is 1.06. The molecule has 23 heavy (non-hydrogen) atoms. The van der Waals surface area contributed by atoms with Crippen molar-refractivity contribution in [3.8, 4) is 17.4 Å². The van der Waals surface area contributed by atoms with Crippen LogP contribution in [-0.2, 0) is 6.61 Å². The maximum Gasteiger partial charge on any atom is 0.257 e. The number of hydrogen-bond acceptors (Lipinski definition) is 4. The summed E-state index contributed by atoms with van der Waals surface area (Å²) in [7, 11) is 1.66. The summed E-state index contributed by atoms with van der Waals surface area (Å²) in [6.45, 7) is 1.18. The lowest BCUT2D eigenvalue weighted by molar-refractivity contribution is 0.170. The summed E-state index contributed by atoms with van der Waals surface area (Å²) in [5, 5.41) is 0. The number of benzene rings is 1. The Labute approximate surface area is 144 Å². The van der Waals surface area contributed by atoms with Crippen molar-refractivity contribution in [3.05, 3.63) is 46.6 Å². The predicted octanol–water partition coefficient (Wildman–Crippen LogP) is 4.61. The lowest BCUT2D eigenvalue weighted by atomic mass is 9.86. The minimum Gasteiger partial charge on any atom is -0.497 e. The van der Waals surface area contributed by atoms with E-state index in [2.05, 4.69) is 20.9 Å². The van der Waals surface area contributed by atoms with E-state index in [4.69, 9.17) is 14.2 Å². The molecule has 1 fully saturated rings. The minimum absolute atomic E-state index is 0.443. The number of rotatable bonds is 7. The molecule has 1 aromatic carbocycles. The number of nitrogens with zero attached hydrogens (tertiary/aromatic N) is 1. The first-order valence-electron chi connectivity index (χ1n) is 7.78. The number of pyridine rings is 1. The van der Waals surface area contributed by atoms with Gasteiger partial charge < -0.3 is 14.2 Å². The van der Waals surface area contributed by atoms with Gasteiger partial charge >= 0.3 is 0 Å². The second-order valence-corrected chi connectivity index (χ2v) is 6.62. The molecule has 1 heterocycles. The van der Waals surface area contributed by atoms with Crippen LogP contribution >= 0.6 is 15.9 Å². The summed E-state index contributed by atoms with van der Waals surface area (Å²) in [6, 6.07) is 9.71. The van der Waals surface area contributed by atoms with Gasteiger partial charge in [0, 0.05) is 16.7 Å². The molecule has 3 rings (SSSR count). The van der Waals surface area contributed by atoms with Crippen LogP contribution in [0.4, 0.5) is 0 Å². The molecule has 0 unspecified atom stereocenters. The van der Waals surface area contributed by atoms with E-state index in [0.29, 0.717) is 24.2 Å². The van der Waals surface area contributed by atoms with Crippen LogP contribution in [0.1, 0.15) is 24.8 Å². The van der Waals surface area contributed by atoms with E-state index in [9.17, 15) is 0 Å². The lowest BCUT2D eigenvalue weighted by Gasteiger charge is -2.25. The summed E-state index contributed by atoms with van der Waals surface area (Å²) < 4.78 is 17.8. The zero-order valence-corrected chi connectivity index (χ0v) is 14.7. The fourth-order valence-electron chi connectivity index (χ4n) is 2.36. The average Bonchev–Trinajstić information content (AvgIpc) is 2.53. The van der Waals surface area contributed by atoms with Crippen molar-refractivity contribution in [1.82, 2.24) is 4.98 Å². The maximum absolute atomic E-state index is 5.91. The Morgan fingerprint density at radius 3 is 2.61 bits per heavy atom. The molecule has 0 N–H and O–H groups in total. The zero-order valence-electron chi connectivity index (χ0n) is 13.1. The molecule has 1 aromatic heterocycles. The standard InChI is InChI=1S/C18H20BrNO3/c1-21-16-7-5-14(6-8-16)12-23-18-17(9-15(19)10-20-18)22-11-13-3-2-4-13/h5-10,13H,2-4,11-12H2,1H3. The molecule has 0 spiro atoms. The SMILES string of the molecule is COc1ccc(COc2ncc(Br)cc2OCC2CCC2)cc1. The number of hydrogen-bond donors (Lipinski definition) is 0. The summed E-state index contributed by atoms with van der Waals surface area (Å²) >= 11 is 3.43. The van der Waals surface area contributed by atoms with Gasteiger partial charge in [0.1, 0.15) is 12.4 Å². The van der Waals surface area contributed by atoms with Gasteiger partial charge in [-0.1, -0.05) is 18.6 Å². The molecule has 5 heteroatoms. The van der Waals surface area contributed by atoms with E-state index in [1.807, 2.05) is 30.3 Å². The van der Waals surface area contributed by atoms with E-state index >= 15 is 0 Å². The van der Waals surface area contributed by atoms with Crippen molar-refractivity contribution in [3.63, 3.8) is 0 Å². The van der Waals surface area contributed by atoms with Crippen molar-refractivity contribution >= 4 is 15.9 Å². The van der Waals surface area contributed by atoms with Crippen LogP contribution in [0, 0.1) is 5.92 Å². The third-order valence-corrected chi connectivity index (χ3v) is 4.45. The summed E-state index contributed by atoms with van der Waals surface area (Å²) in [6.07, 6.45) is 5.54. The largest absolute Gasteiger partial charge is 0.497 e. The molecule has 0 amide bonds.